The second-order valence-corrected chi connectivity index (χ2v) is 8.06. The van der Waals surface area contributed by atoms with E-state index in [0.29, 0.717) is 29.0 Å². The number of nitriles is 1. The maximum absolute atomic E-state index is 12.9. The first kappa shape index (κ1) is 22.4. The van der Waals surface area contributed by atoms with Gasteiger partial charge in [0.05, 0.1) is 29.7 Å². The van der Waals surface area contributed by atoms with Crippen LogP contribution in [0, 0.1) is 11.3 Å². The highest BCUT2D eigenvalue weighted by molar-refractivity contribution is 7.99. The van der Waals surface area contributed by atoms with Gasteiger partial charge in [-0.2, -0.15) is 5.26 Å². The molecule has 3 rings (SSSR count). The first-order valence-corrected chi connectivity index (χ1v) is 10.9. The molecule has 0 fully saturated rings. The highest BCUT2D eigenvalue weighted by Crippen LogP contribution is 2.31. The van der Waals surface area contributed by atoms with Gasteiger partial charge in [-0.25, -0.2) is 4.79 Å². The highest BCUT2D eigenvalue weighted by Gasteiger charge is 2.29. The van der Waals surface area contributed by atoms with Crippen molar-refractivity contribution in [1.82, 2.24) is 4.90 Å². The lowest BCUT2D eigenvalue weighted by molar-refractivity contribution is -0.145. The van der Waals surface area contributed by atoms with Crippen molar-refractivity contribution < 1.29 is 23.9 Å². The lowest BCUT2D eigenvalue weighted by Crippen LogP contribution is -2.30. The van der Waals surface area contributed by atoms with Gasteiger partial charge in [0.25, 0.3) is 5.91 Å². The molecule has 2 aromatic carbocycles. The summed E-state index contributed by atoms with van der Waals surface area (Å²) < 4.78 is 10.4. The van der Waals surface area contributed by atoms with E-state index in [0.717, 1.165) is 16.2 Å². The zero-order chi connectivity index (χ0) is 22.4. The number of amides is 1. The summed E-state index contributed by atoms with van der Waals surface area (Å²) in [5.41, 5.74) is 2.22. The van der Waals surface area contributed by atoms with E-state index < -0.39 is 5.97 Å². The third-order valence-electron chi connectivity index (χ3n) is 4.66. The third kappa shape index (κ3) is 5.25. The van der Waals surface area contributed by atoms with Crippen molar-refractivity contribution in [3.8, 4) is 11.8 Å². The number of thioether (sulfide) groups is 1. The normalized spacial score (nSPS) is 12.3. The topological polar surface area (TPSA) is 96.7 Å². The van der Waals surface area contributed by atoms with Crippen LogP contribution in [0.4, 0.5) is 0 Å². The van der Waals surface area contributed by atoms with E-state index in [1.165, 1.54) is 16.7 Å². The van der Waals surface area contributed by atoms with E-state index >= 15 is 0 Å². The molecule has 0 aromatic heterocycles. The Kier molecular flexibility index (Phi) is 7.32. The van der Waals surface area contributed by atoms with Gasteiger partial charge in [0.15, 0.2) is 12.4 Å². The Morgan fingerprint density at radius 2 is 2.00 bits per heavy atom. The second kappa shape index (κ2) is 10.1. The lowest BCUT2D eigenvalue weighted by atomic mass is 10.1. The van der Waals surface area contributed by atoms with Crippen molar-refractivity contribution in [3.05, 3.63) is 58.7 Å². The molecule has 0 bridgehead atoms. The number of ketones is 1. The van der Waals surface area contributed by atoms with Crippen molar-refractivity contribution >= 4 is 29.4 Å². The largest absolute Gasteiger partial charge is 0.481 e. The molecule has 0 atom stereocenters. The molecule has 1 heterocycles. The minimum absolute atomic E-state index is 0.0609. The fraction of sp³-hybridized carbons (Fsp3) is 0.304. The molecule has 2 aromatic rings. The molecule has 1 amide bonds. The van der Waals surface area contributed by atoms with Crippen LogP contribution < -0.4 is 4.74 Å². The predicted molar refractivity (Wildman–Crippen MR) is 115 cm³/mol. The van der Waals surface area contributed by atoms with Crippen molar-refractivity contribution in [2.24, 2.45) is 0 Å². The number of rotatable bonds is 9. The van der Waals surface area contributed by atoms with Crippen LogP contribution in [-0.4, -0.2) is 48.1 Å². The minimum atomic E-state index is -0.457. The lowest BCUT2D eigenvalue weighted by Gasteiger charge is -2.16. The second-order valence-electron chi connectivity index (χ2n) is 6.76. The summed E-state index contributed by atoms with van der Waals surface area (Å²) >= 11 is 1.50. The van der Waals surface area contributed by atoms with Crippen LogP contribution in [-0.2, 0) is 16.1 Å². The number of hydrogen-bond donors (Lipinski definition) is 0. The SMILES string of the molecule is CCOC(=O)COc1ccc(C(=O)CN2Cc3cc(C#N)ccc3C2=O)cc1SCC. The summed E-state index contributed by atoms with van der Waals surface area (Å²) in [5, 5.41) is 9.04. The zero-order valence-electron chi connectivity index (χ0n) is 17.3. The van der Waals surface area contributed by atoms with E-state index in [-0.39, 0.29) is 31.4 Å². The molecule has 8 heteroatoms. The van der Waals surface area contributed by atoms with Gasteiger partial charge in [-0.05, 0) is 54.6 Å². The standard InChI is InChI=1S/C23H22N2O5S/c1-3-29-22(27)14-30-20-8-6-16(10-21(20)31-4-2)19(26)13-25-12-17-9-15(11-24)5-7-18(17)23(25)28/h5-10H,3-4,12-14H2,1-2H3. The van der Waals surface area contributed by atoms with Crippen molar-refractivity contribution in [2.75, 3.05) is 25.5 Å². The zero-order valence-corrected chi connectivity index (χ0v) is 18.2. The average molecular weight is 439 g/mol. The molecular formula is C23H22N2O5S. The Hall–Kier alpha value is -3.31. The van der Waals surface area contributed by atoms with Gasteiger partial charge >= 0.3 is 5.97 Å². The van der Waals surface area contributed by atoms with Gasteiger partial charge in [-0.15, -0.1) is 11.8 Å². The van der Waals surface area contributed by atoms with E-state index in [1.807, 2.05) is 6.92 Å². The van der Waals surface area contributed by atoms with Gasteiger partial charge in [0, 0.05) is 17.7 Å². The fourth-order valence-corrected chi connectivity index (χ4v) is 4.04. The Morgan fingerprint density at radius 3 is 2.71 bits per heavy atom. The molecule has 0 saturated heterocycles. The first-order chi connectivity index (χ1) is 15.0. The van der Waals surface area contributed by atoms with Crippen LogP contribution in [0.1, 0.15) is 45.7 Å². The number of carbonyl (C=O) groups excluding carboxylic acids is 3. The summed E-state index contributed by atoms with van der Waals surface area (Å²) in [5.74, 6) is 0.392. The summed E-state index contributed by atoms with van der Waals surface area (Å²) in [6.07, 6.45) is 0. The maximum Gasteiger partial charge on any atom is 0.344 e. The van der Waals surface area contributed by atoms with Gasteiger partial charge in [-0.3, -0.25) is 9.59 Å². The monoisotopic (exact) mass is 438 g/mol. The van der Waals surface area contributed by atoms with E-state index in [2.05, 4.69) is 6.07 Å². The molecule has 31 heavy (non-hydrogen) atoms. The third-order valence-corrected chi connectivity index (χ3v) is 5.58. The summed E-state index contributed by atoms with van der Waals surface area (Å²) in [4.78, 5) is 39.3. The molecule has 0 aliphatic carbocycles. The van der Waals surface area contributed by atoms with Crippen molar-refractivity contribution in [3.63, 3.8) is 0 Å². The van der Waals surface area contributed by atoms with E-state index in [4.69, 9.17) is 14.7 Å². The van der Waals surface area contributed by atoms with E-state index in [9.17, 15) is 14.4 Å². The Morgan fingerprint density at radius 1 is 1.19 bits per heavy atom. The predicted octanol–water partition coefficient (Wildman–Crippen LogP) is 3.45. The average Bonchev–Trinajstić information content (AvgIpc) is 3.07. The molecule has 1 aliphatic rings. The summed E-state index contributed by atoms with van der Waals surface area (Å²) in [6.45, 7) is 4.01. The van der Waals surface area contributed by atoms with Gasteiger partial charge in [0.1, 0.15) is 5.75 Å². The van der Waals surface area contributed by atoms with Crippen LogP contribution in [0.25, 0.3) is 0 Å². The fourth-order valence-electron chi connectivity index (χ4n) is 3.25. The number of benzene rings is 2. The smallest absolute Gasteiger partial charge is 0.344 e. The molecule has 1 aliphatic heterocycles. The number of ether oxygens (including phenoxy) is 2. The molecule has 0 radical (unpaired) electrons. The van der Waals surface area contributed by atoms with Crippen LogP contribution in [0.5, 0.6) is 5.75 Å². The van der Waals surface area contributed by atoms with Crippen LogP contribution in [0.15, 0.2) is 41.3 Å². The highest BCUT2D eigenvalue weighted by atomic mass is 32.2. The minimum Gasteiger partial charge on any atom is -0.481 e. The molecular weight excluding hydrogens is 416 g/mol. The van der Waals surface area contributed by atoms with Crippen molar-refractivity contribution in [2.45, 2.75) is 25.3 Å². The number of fused-ring (bicyclic) bond motifs is 1. The molecule has 0 spiro atoms. The molecule has 160 valence electrons. The number of nitrogens with zero attached hydrogens (tertiary/aromatic N) is 2. The molecule has 0 unspecified atom stereocenters. The first-order valence-electron chi connectivity index (χ1n) is 9.87. The van der Waals surface area contributed by atoms with Crippen LogP contribution in [0.2, 0.25) is 0 Å². The van der Waals surface area contributed by atoms with Gasteiger partial charge < -0.3 is 14.4 Å². The van der Waals surface area contributed by atoms with Crippen LogP contribution >= 0.6 is 11.8 Å². The Labute approximate surface area is 184 Å². The molecule has 0 N–H and O–H groups in total. The van der Waals surface area contributed by atoms with Gasteiger partial charge in [-0.1, -0.05) is 6.92 Å². The van der Waals surface area contributed by atoms with Crippen LogP contribution in [0.3, 0.4) is 0 Å². The number of hydrogen-bond acceptors (Lipinski definition) is 7. The Balaban J connectivity index is 1.71. The van der Waals surface area contributed by atoms with Crippen molar-refractivity contribution in [1.29, 1.82) is 5.26 Å². The Bertz CT molecular complexity index is 1060. The summed E-state index contributed by atoms with van der Waals surface area (Å²) in [6, 6.07) is 12.0. The molecule has 0 saturated carbocycles. The number of carbonyl (C=O) groups is 3. The number of Topliss-reactive ketones (excluding diaryl/α,β-unsaturated/α-hetero) is 1. The van der Waals surface area contributed by atoms with E-state index in [1.54, 1.807) is 43.3 Å². The van der Waals surface area contributed by atoms with Gasteiger partial charge in [0.2, 0.25) is 0 Å². The summed E-state index contributed by atoms with van der Waals surface area (Å²) in [7, 11) is 0. The quantitative estimate of drug-likeness (QED) is 0.336. The maximum atomic E-state index is 12.9. The number of esters is 1. The molecule has 7 nitrogen and oxygen atoms in total.